The van der Waals surface area contributed by atoms with Gasteiger partial charge in [0.25, 0.3) is 0 Å². The van der Waals surface area contributed by atoms with Crippen LogP contribution in [0, 0.1) is 0 Å². The van der Waals surface area contributed by atoms with Gasteiger partial charge < -0.3 is 13.6 Å². The van der Waals surface area contributed by atoms with Gasteiger partial charge in [-0.05, 0) is 36.5 Å². The molecule has 0 aromatic carbocycles. The van der Waals surface area contributed by atoms with E-state index in [0.717, 1.165) is 37.1 Å². The molecule has 0 aliphatic heterocycles. The van der Waals surface area contributed by atoms with Crippen molar-refractivity contribution in [1.29, 1.82) is 0 Å². The highest BCUT2D eigenvalue weighted by molar-refractivity contribution is 7.99. The molecule has 0 fully saturated rings. The van der Waals surface area contributed by atoms with Crippen LogP contribution >= 0.6 is 43.9 Å². The van der Waals surface area contributed by atoms with Crippen molar-refractivity contribution in [3.05, 3.63) is 0 Å². The van der Waals surface area contributed by atoms with E-state index in [9.17, 15) is 0 Å². The number of thioether (sulfide) groups is 3. The maximum Gasteiger partial charge on any atom is 0.332 e. The third kappa shape index (κ3) is 57.4. The zero-order chi connectivity index (χ0) is 43.9. The molecule has 0 heterocycles. The average molecular weight is 936 g/mol. The number of hydrogen-bond donors (Lipinski definition) is 0. The van der Waals surface area contributed by atoms with Crippen molar-refractivity contribution in [2.24, 2.45) is 0 Å². The first kappa shape index (κ1) is 62.4. The Bertz CT molecular complexity index is 655. The van der Waals surface area contributed by atoms with Crippen LogP contribution in [-0.2, 0) is 13.6 Å². The Kier molecular flexibility index (Phi) is 60.7. The maximum absolute atomic E-state index is 6.21. The number of hydrogen-bond acceptors (Lipinski definition) is 6. The molecule has 0 saturated heterocycles. The van der Waals surface area contributed by atoms with Crippen LogP contribution in [0.3, 0.4) is 0 Å². The topological polar surface area (TPSA) is 27.7 Å². The molecule has 0 radical (unpaired) electrons. The van der Waals surface area contributed by atoms with Crippen LogP contribution in [-0.4, -0.2) is 54.3 Å². The highest BCUT2D eigenvalue weighted by Crippen LogP contribution is 2.40. The molecule has 3 nitrogen and oxygen atoms in total. The third-order valence-corrected chi connectivity index (χ3v) is 16.5. The molecule has 7 heteroatoms. The van der Waals surface area contributed by atoms with Crippen LogP contribution in [0.25, 0.3) is 0 Å². The maximum atomic E-state index is 6.21. The molecule has 0 aromatic heterocycles. The Labute approximate surface area is 400 Å². The fourth-order valence-electron chi connectivity index (χ4n) is 8.13. The Morgan fingerprint density at radius 3 is 0.557 bits per heavy atom. The van der Waals surface area contributed by atoms with Gasteiger partial charge in [-0.15, -0.1) is 0 Å². The molecule has 0 aliphatic rings. The second-order valence-corrected chi connectivity index (χ2v) is 23.2. The lowest BCUT2D eigenvalue weighted by Crippen LogP contribution is -2.04. The van der Waals surface area contributed by atoms with E-state index in [2.05, 4.69) is 20.8 Å². The molecule has 0 N–H and O–H groups in total. The molecule has 0 bridgehead atoms. The van der Waals surface area contributed by atoms with Gasteiger partial charge in [-0.25, -0.2) is 0 Å². The van der Waals surface area contributed by atoms with Gasteiger partial charge in [-0.2, -0.15) is 35.3 Å². The van der Waals surface area contributed by atoms with Gasteiger partial charge in [-0.1, -0.05) is 271 Å². The lowest BCUT2D eigenvalue weighted by molar-refractivity contribution is 0.179. The smallest absolute Gasteiger partial charge is 0.311 e. The minimum absolute atomic E-state index is 0.743. The Morgan fingerprint density at radius 2 is 0.377 bits per heavy atom. The molecule has 0 aromatic rings. The average Bonchev–Trinajstić information content (AvgIpc) is 3.27. The van der Waals surface area contributed by atoms with E-state index in [1.54, 1.807) is 0 Å². The highest BCUT2D eigenvalue weighted by Gasteiger charge is 2.13. The van der Waals surface area contributed by atoms with Crippen molar-refractivity contribution in [3.63, 3.8) is 0 Å². The van der Waals surface area contributed by atoms with Crippen molar-refractivity contribution >= 4 is 43.9 Å². The van der Waals surface area contributed by atoms with Gasteiger partial charge in [-0.3, -0.25) is 0 Å². The second-order valence-electron chi connectivity index (χ2n) is 18.3. The van der Waals surface area contributed by atoms with Crippen LogP contribution in [0.2, 0.25) is 0 Å². The summed E-state index contributed by atoms with van der Waals surface area (Å²) in [4.78, 5) is 0. The Balaban J connectivity index is 3.96. The summed E-state index contributed by atoms with van der Waals surface area (Å²) in [7, 11) is -1.23. The van der Waals surface area contributed by atoms with Crippen molar-refractivity contribution in [3.8, 4) is 0 Å². The lowest BCUT2D eigenvalue weighted by atomic mass is 10.0. The van der Waals surface area contributed by atoms with E-state index in [0.29, 0.717) is 0 Å². The minimum Gasteiger partial charge on any atom is -0.311 e. The van der Waals surface area contributed by atoms with Gasteiger partial charge in [0.1, 0.15) is 0 Å². The Hall–Kier alpha value is 1.36. The van der Waals surface area contributed by atoms with Gasteiger partial charge in [0.15, 0.2) is 0 Å². The zero-order valence-electron chi connectivity index (χ0n) is 42.0. The highest BCUT2D eigenvalue weighted by atomic mass is 32.2. The second kappa shape index (κ2) is 59.4. The first-order valence-corrected chi connectivity index (χ1v) is 32.3. The number of unbranched alkanes of at least 4 members (excludes halogenated alkanes) is 39. The molecular weight excluding hydrogens is 824 g/mol. The molecular formula is C54H111O3PS3. The van der Waals surface area contributed by atoms with Crippen LogP contribution in [0.15, 0.2) is 0 Å². The van der Waals surface area contributed by atoms with Crippen LogP contribution in [0.4, 0.5) is 0 Å². The van der Waals surface area contributed by atoms with Crippen molar-refractivity contribution < 1.29 is 13.6 Å². The molecule has 61 heavy (non-hydrogen) atoms. The standard InChI is InChI=1S/C54H111O3PS3/c1-4-7-10-13-16-19-22-25-28-31-34-37-40-43-49-59-52-46-55-58(56-47-53-60-50-44-41-38-35-32-29-26-23-20-17-14-11-8-5-2)57-48-54-61-51-45-42-39-36-33-30-27-24-21-18-15-12-9-6-3/h4-54H2,1-3H3. The fraction of sp³-hybridized carbons (Fsp3) is 1.00. The summed E-state index contributed by atoms with van der Waals surface area (Å²) in [5.74, 6) is 6.91. The molecule has 0 atom stereocenters. The Morgan fingerprint density at radius 1 is 0.213 bits per heavy atom. The van der Waals surface area contributed by atoms with Crippen LogP contribution < -0.4 is 0 Å². The van der Waals surface area contributed by atoms with Crippen molar-refractivity contribution in [2.45, 2.75) is 290 Å². The van der Waals surface area contributed by atoms with E-state index >= 15 is 0 Å². The molecule has 0 saturated carbocycles. The first-order chi connectivity index (χ1) is 30.3. The molecule has 0 rings (SSSR count). The van der Waals surface area contributed by atoms with E-state index in [4.69, 9.17) is 13.6 Å². The first-order valence-electron chi connectivity index (χ1n) is 27.8. The summed E-state index contributed by atoms with van der Waals surface area (Å²) in [5, 5.41) is 0. The van der Waals surface area contributed by atoms with E-state index in [1.165, 1.54) is 287 Å². The predicted molar refractivity (Wildman–Crippen MR) is 288 cm³/mol. The van der Waals surface area contributed by atoms with Crippen molar-refractivity contribution in [2.75, 3.05) is 54.3 Å². The quantitative estimate of drug-likeness (QED) is 0.0446. The zero-order valence-corrected chi connectivity index (χ0v) is 45.3. The van der Waals surface area contributed by atoms with E-state index in [-0.39, 0.29) is 0 Å². The fourth-order valence-corrected chi connectivity index (χ4v) is 11.9. The summed E-state index contributed by atoms with van der Waals surface area (Å²) < 4.78 is 18.6. The molecule has 0 aliphatic carbocycles. The molecule has 0 amide bonds. The molecule has 0 spiro atoms. The SMILES string of the molecule is CCCCCCCCCCCCCCCCSCCOP(OCCSCCCCCCCCCCCCCCCC)OCCSCCCCCCCCCCCCCCCC. The minimum atomic E-state index is -1.23. The summed E-state index contributed by atoms with van der Waals surface area (Å²) in [6, 6.07) is 0. The summed E-state index contributed by atoms with van der Waals surface area (Å²) in [5.41, 5.74) is 0. The van der Waals surface area contributed by atoms with Crippen LogP contribution in [0.5, 0.6) is 0 Å². The third-order valence-electron chi connectivity index (χ3n) is 12.2. The van der Waals surface area contributed by atoms with Crippen LogP contribution in [0.1, 0.15) is 290 Å². The van der Waals surface area contributed by atoms with E-state index < -0.39 is 8.60 Å². The summed E-state index contributed by atoms with van der Waals surface area (Å²) in [6.07, 6.45) is 60.0. The molecule has 368 valence electrons. The number of rotatable bonds is 57. The summed E-state index contributed by atoms with van der Waals surface area (Å²) in [6.45, 7) is 9.15. The normalized spacial score (nSPS) is 11.8. The predicted octanol–water partition coefficient (Wildman–Crippen LogP) is 20.9. The van der Waals surface area contributed by atoms with Crippen molar-refractivity contribution in [1.82, 2.24) is 0 Å². The van der Waals surface area contributed by atoms with Gasteiger partial charge >= 0.3 is 8.60 Å². The lowest BCUT2D eigenvalue weighted by Gasteiger charge is -2.17. The van der Waals surface area contributed by atoms with E-state index in [1.807, 2.05) is 35.3 Å². The van der Waals surface area contributed by atoms with Gasteiger partial charge in [0.05, 0.1) is 19.8 Å². The van der Waals surface area contributed by atoms with Gasteiger partial charge in [0, 0.05) is 17.3 Å². The molecule has 0 unspecified atom stereocenters. The largest absolute Gasteiger partial charge is 0.332 e. The monoisotopic (exact) mass is 935 g/mol. The summed E-state index contributed by atoms with van der Waals surface area (Å²) >= 11 is 6.14. The van der Waals surface area contributed by atoms with Gasteiger partial charge in [0.2, 0.25) is 0 Å².